The second-order valence-corrected chi connectivity index (χ2v) is 3.31. The van der Waals surface area contributed by atoms with Crippen molar-refractivity contribution in [3.63, 3.8) is 0 Å². The van der Waals surface area contributed by atoms with Crippen molar-refractivity contribution in [2.45, 2.75) is 13.3 Å². The first kappa shape index (κ1) is 14.1. The topological polar surface area (TPSA) is 116 Å². The number of nitrogens with one attached hydrogen (secondary N) is 1. The minimum atomic E-state index is -0.744. The van der Waals surface area contributed by atoms with Crippen molar-refractivity contribution in [2.75, 3.05) is 11.9 Å². The summed E-state index contributed by atoms with van der Waals surface area (Å²) in [5.41, 5.74) is -0.0220. The number of rotatable bonds is 4. The molecule has 0 fully saturated rings. The minimum Gasteiger partial charge on any atom is -0.461 e. The van der Waals surface area contributed by atoms with Crippen LogP contribution >= 0.6 is 0 Å². The van der Waals surface area contributed by atoms with Crippen LogP contribution in [0.4, 0.5) is 5.69 Å². The predicted molar refractivity (Wildman–Crippen MR) is 63.8 cm³/mol. The lowest BCUT2D eigenvalue weighted by atomic mass is 10.2. The van der Waals surface area contributed by atoms with Crippen molar-refractivity contribution >= 4 is 17.6 Å². The van der Waals surface area contributed by atoms with E-state index in [1.807, 2.05) is 0 Å². The highest BCUT2D eigenvalue weighted by Crippen LogP contribution is 2.15. The number of ether oxygens (including phenoxy) is 1. The monoisotopic (exact) mass is 258 g/mol. The van der Waals surface area contributed by atoms with Gasteiger partial charge in [-0.3, -0.25) is 4.79 Å². The summed E-state index contributed by atoms with van der Waals surface area (Å²) in [5.74, 6) is -1.31. The van der Waals surface area contributed by atoms with Crippen LogP contribution in [-0.4, -0.2) is 23.5 Å². The van der Waals surface area contributed by atoms with Crippen LogP contribution in [-0.2, 0) is 9.53 Å². The number of carbonyl (C=O) groups is 2. The van der Waals surface area contributed by atoms with Gasteiger partial charge in [0.15, 0.2) is 5.69 Å². The molecule has 19 heavy (non-hydrogen) atoms. The van der Waals surface area contributed by atoms with Crippen LogP contribution in [0.1, 0.15) is 29.5 Å². The molecule has 0 radical (unpaired) electrons. The summed E-state index contributed by atoms with van der Waals surface area (Å²) in [6, 6.07) is 6.19. The molecule has 0 bridgehead atoms. The van der Waals surface area contributed by atoms with Crippen LogP contribution in [0.2, 0.25) is 0 Å². The first-order valence-electron chi connectivity index (χ1n) is 5.37. The van der Waals surface area contributed by atoms with Gasteiger partial charge < -0.3 is 10.1 Å². The summed E-state index contributed by atoms with van der Waals surface area (Å²) in [4.78, 5) is 26.8. The molecule has 7 heteroatoms. The average molecular weight is 258 g/mol. The fraction of sp³-hybridized carbons (Fsp3) is 0.250. The molecule has 0 aromatic carbocycles. The van der Waals surface area contributed by atoms with Gasteiger partial charge in [0, 0.05) is 0 Å². The van der Waals surface area contributed by atoms with E-state index in [4.69, 9.17) is 15.3 Å². The smallest absolute Gasteiger partial charge is 0.359 e. The fourth-order valence-corrected chi connectivity index (χ4v) is 1.24. The Kier molecular flexibility index (Phi) is 5.00. The molecule has 1 N–H and O–H groups in total. The van der Waals surface area contributed by atoms with Gasteiger partial charge in [0.05, 0.1) is 18.4 Å². The Balaban J connectivity index is 3.10. The highest BCUT2D eigenvalue weighted by Gasteiger charge is 2.17. The largest absolute Gasteiger partial charge is 0.461 e. The Morgan fingerprint density at radius 1 is 1.42 bits per heavy atom. The first-order chi connectivity index (χ1) is 9.12. The molecule has 0 aliphatic rings. The predicted octanol–water partition coefficient (Wildman–Crippen LogP) is 0.982. The van der Waals surface area contributed by atoms with Gasteiger partial charge in [-0.05, 0) is 19.1 Å². The lowest BCUT2D eigenvalue weighted by Gasteiger charge is -2.08. The molecule has 1 amide bonds. The van der Waals surface area contributed by atoms with E-state index < -0.39 is 11.9 Å². The number of esters is 1. The number of hydrogen-bond donors (Lipinski definition) is 1. The highest BCUT2D eigenvalue weighted by molar-refractivity contribution is 6.00. The van der Waals surface area contributed by atoms with E-state index in [9.17, 15) is 9.59 Å². The maximum Gasteiger partial charge on any atom is 0.359 e. The second kappa shape index (κ2) is 6.72. The Labute approximate surface area is 109 Å². The second-order valence-electron chi connectivity index (χ2n) is 3.31. The van der Waals surface area contributed by atoms with Crippen LogP contribution in [0, 0.1) is 22.7 Å². The third kappa shape index (κ3) is 3.79. The normalized spacial score (nSPS) is 9.00. The minimum absolute atomic E-state index is 0.0290. The number of nitrogens with zero attached hydrogens (tertiary/aromatic N) is 3. The number of aromatic nitrogens is 1. The molecule has 0 spiro atoms. The van der Waals surface area contributed by atoms with Gasteiger partial charge in [0.2, 0.25) is 5.91 Å². The number of carbonyl (C=O) groups excluding carboxylic acids is 2. The van der Waals surface area contributed by atoms with Crippen LogP contribution in [0.3, 0.4) is 0 Å². The van der Waals surface area contributed by atoms with Gasteiger partial charge in [-0.1, -0.05) is 0 Å². The molecule has 0 unspecified atom stereocenters. The van der Waals surface area contributed by atoms with E-state index in [-0.39, 0.29) is 30.1 Å². The van der Waals surface area contributed by atoms with Gasteiger partial charge in [-0.25, -0.2) is 9.78 Å². The summed E-state index contributed by atoms with van der Waals surface area (Å²) in [7, 11) is 0. The van der Waals surface area contributed by atoms with Crippen molar-refractivity contribution in [3.05, 3.63) is 23.5 Å². The van der Waals surface area contributed by atoms with Crippen molar-refractivity contribution in [2.24, 2.45) is 0 Å². The van der Waals surface area contributed by atoms with Gasteiger partial charge in [-0.15, -0.1) is 0 Å². The van der Waals surface area contributed by atoms with Crippen LogP contribution in [0.5, 0.6) is 0 Å². The van der Waals surface area contributed by atoms with Gasteiger partial charge in [-0.2, -0.15) is 10.5 Å². The number of anilines is 1. The molecule has 1 aromatic heterocycles. The molecule has 7 nitrogen and oxygen atoms in total. The van der Waals surface area contributed by atoms with Crippen LogP contribution < -0.4 is 5.32 Å². The summed E-state index contributed by atoms with van der Waals surface area (Å²) in [5, 5.41) is 19.5. The molecule has 0 saturated carbocycles. The fourth-order valence-electron chi connectivity index (χ4n) is 1.24. The quantitative estimate of drug-likeness (QED) is 0.804. The Morgan fingerprint density at radius 3 is 2.74 bits per heavy atom. The third-order valence-corrected chi connectivity index (χ3v) is 1.99. The van der Waals surface area contributed by atoms with E-state index in [1.165, 1.54) is 12.1 Å². The Bertz CT molecular complexity index is 584. The average Bonchev–Trinajstić information content (AvgIpc) is 2.39. The zero-order chi connectivity index (χ0) is 14.3. The summed E-state index contributed by atoms with van der Waals surface area (Å²) in [6.45, 7) is 1.77. The molecule has 0 aliphatic heterocycles. The van der Waals surface area contributed by atoms with E-state index in [0.29, 0.717) is 0 Å². The van der Waals surface area contributed by atoms with E-state index in [1.54, 1.807) is 19.1 Å². The SMILES string of the molecule is CCOC(=O)c1nc(C#N)ccc1NC(=O)CC#N. The molecule has 1 rings (SSSR count). The molecule has 0 aliphatic carbocycles. The Hall–Kier alpha value is -2.93. The molecule has 1 heterocycles. The van der Waals surface area contributed by atoms with E-state index >= 15 is 0 Å². The maximum atomic E-state index is 11.7. The van der Waals surface area contributed by atoms with Crippen molar-refractivity contribution in [1.29, 1.82) is 10.5 Å². The zero-order valence-corrected chi connectivity index (χ0v) is 10.1. The van der Waals surface area contributed by atoms with E-state index in [2.05, 4.69) is 10.3 Å². The molecular formula is C12H10N4O3. The molecule has 0 atom stereocenters. The summed E-state index contributed by atoms with van der Waals surface area (Å²) >= 11 is 0. The maximum absolute atomic E-state index is 11.7. The van der Waals surface area contributed by atoms with Crippen molar-refractivity contribution in [1.82, 2.24) is 4.98 Å². The van der Waals surface area contributed by atoms with Gasteiger partial charge >= 0.3 is 5.97 Å². The van der Waals surface area contributed by atoms with Crippen LogP contribution in [0.15, 0.2) is 12.1 Å². The van der Waals surface area contributed by atoms with Crippen molar-refractivity contribution < 1.29 is 14.3 Å². The summed E-state index contributed by atoms with van der Waals surface area (Å²) in [6.07, 6.45) is -0.345. The summed E-state index contributed by atoms with van der Waals surface area (Å²) < 4.78 is 4.78. The van der Waals surface area contributed by atoms with Crippen molar-refractivity contribution in [3.8, 4) is 12.1 Å². The molecule has 1 aromatic rings. The first-order valence-corrected chi connectivity index (χ1v) is 5.37. The third-order valence-electron chi connectivity index (χ3n) is 1.99. The van der Waals surface area contributed by atoms with Gasteiger partial charge in [0.25, 0.3) is 0 Å². The number of pyridine rings is 1. The Morgan fingerprint density at radius 2 is 2.16 bits per heavy atom. The van der Waals surface area contributed by atoms with E-state index in [0.717, 1.165) is 0 Å². The number of nitriles is 2. The highest BCUT2D eigenvalue weighted by atomic mass is 16.5. The zero-order valence-electron chi connectivity index (χ0n) is 10.1. The molecule has 96 valence electrons. The van der Waals surface area contributed by atoms with Crippen LogP contribution in [0.25, 0.3) is 0 Å². The molecular weight excluding hydrogens is 248 g/mol. The standard InChI is InChI=1S/C12H10N4O3/c1-2-19-12(18)11-9(16-10(17)5-6-13)4-3-8(7-14)15-11/h3-4H,2,5H2,1H3,(H,16,17). The number of hydrogen-bond acceptors (Lipinski definition) is 6. The number of amides is 1. The lowest BCUT2D eigenvalue weighted by Crippen LogP contribution is -2.16. The van der Waals surface area contributed by atoms with Gasteiger partial charge in [0.1, 0.15) is 18.2 Å². The lowest BCUT2D eigenvalue weighted by molar-refractivity contribution is -0.115. The molecule has 0 saturated heterocycles.